The van der Waals surface area contributed by atoms with Gasteiger partial charge < -0.3 is 10.3 Å². The molecule has 0 aliphatic carbocycles. The second kappa shape index (κ2) is 7.08. The highest BCUT2D eigenvalue weighted by Gasteiger charge is 2.11. The summed E-state index contributed by atoms with van der Waals surface area (Å²) in [5.41, 5.74) is 0. The monoisotopic (exact) mass is 205 g/mol. The van der Waals surface area contributed by atoms with E-state index in [-0.39, 0.29) is 0 Å². The SMILES string of the molecule is C#CCCCC(NCCC)c1ncc[nH]1. The molecule has 15 heavy (non-hydrogen) atoms. The molecule has 0 saturated carbocycles. The van der Waals surface area contributed by atoms with Crippen molar-refractivity contribution in [1.29, 1.82) is 0 Å². The van der Waals surface area contributed by atoms with Gasteiger partial charge in [0.05, 0.1) is 6.04 Å². The van der Waals surface area contributed by atoms with Gasteiger partial charge in [-0.1, -0.05) is 6.92 Å². The summed E-state index contributed by atoms with van der Waals surface area (Å²) in [6, 6.07) is 0.313. The minimum absolute atomic E-state index is 0.313. The number of H-pyrrole nitrogens is 1. The lowest BCUT2D eigenvalue weighted by molar-refractivity contribution is 0.469. The summed E-state index contributed by atoms with van der Waals surface area (Å²) in [6.45, 7) is 3.18. The Kier molecular flexibility index (Phi) is 5.57. The van der Waals surface area contributed by atoms with Crippen LogP contribution < -0.4 is 5.32 Å². The first-order valence-corrected chi connectivity index (χ1v) is 5.54. The molecule has 1 unspecified atom stereocenters. The second-order valence-electron chi connectivity index (χ2n) is 3.58. The summed E-state index contributed by atoms with van der Waals surface area (Å²) in [7, 11) is 0. The van der Waals surface area contributed by atoms with Gasteiger partial charge in [-0.25, -0.2) is 4.98 Å². The van der Waals surface area contributed by atoms with E-state index in [1.807, 2.05) is 6.20 Å². The average Bonchev–Trinajstić information content (AvgIpc) is 2.76. The van der Waals surface area contributed by atoms with Crippen molar-refractivity contribution in [3.8, 4) is 12.3 Å². The third kappa shape index (κ3) is 4.18. The van der Waals surface area contributed by atoms with Gasteiger partial charge in [0, 0.05) is 18.8 Å². The zero-order valence-corrected chi connectivity index (χ0v) is 9.29. The lowest BCUT2D eigenvalue weighted by Gasteiger charge is -2.15. The van der Waals surface area contributed by atoms with Crippen LogP contribution in [0.25, 0.3) is 0 Å². The highest BCUT2D eigenvalue weighted by molar-refractivity contribution is 4.96. The van der Waals surface area contributed by atoms with Crippen molar-refractivity contribution < 1.29 is 0 Å². The Balaban J connectivity index is 2.43. The van der Waals surface area contributed by atoms with E-state index in [0.717, 1.165) is 38.1 Å². The number of imidazole rings is 1. The number of nitrogens with zero attached hydrogens (tertiary/aromatic N) is 1. The van der Waals surface area contributed by atoms with E-state index < -0.39 is 0 Å². The summed E-state index contributed by atoms with van der Waals surface area (Å²) in [5.74, 6) is 3.68. The fourth-order valence-electron chi connectivity index (χ4n) is 1.53. The van der Waals surface area contributed by atoms with Crippen molar-refractivity contribution in [2.45, 2.75) is 38.6 Å². The number of rotatable bonds is 7. The summed E-state index contributed by atoms with van der Waals surface area (Å²) in [5, 5.41) is 3.47. The van der Waals surface area contributed by atoms with E-state index in [1.54, 1.807) is 6.20 Å². The number of terminal acetylenes is 1. The van der Waals surface area contributed by atoms with Crippen LogP contribution in [0.4, 0.5) is 0 Å². The van der Waals surface area contributed by atoms with Crippen LogP contribution in [0, 0.1) is 12.3 Å². The van der Waals surface area contributed by atoms with Gasteiger partial charge in [0.25, 0.3) is 0 Å². The van der Waals surface area contributed by atoms with Crippen LogP contribution in [0.5, 0.6) is 0 Å². The first kappa shape index (κ1) is 11.8. The molecule has 0 bridgehead atoms. The van der Waals surface area contributed by atoms with Gasteiger partial charge in [0.1, 0.15) is 5.82 Å². The maximum atomic E-state index is 5.24. The smallest absolute Gasteiger partial charge is 0.123 e. The Bertz CT molecular complexity index is 284. The zero-order chi connectivity index (χ0) is 10.9. The molecule has 0 spiro atoms. The van der Waals surface area contributed by atoms with E-state index >= 15 is 0 Å². The number of hydrogen-bond acceptors (Lipinski definition) is 2. The number of nitrogens with one attached hydrogen (secondary N) is 2. The van der Waals surface area contributed by atoms with Crippen molar-refractivity contribution in [2.75, 3.05) is 6.54 Å². The van der Waals surface area contributed by atoms with Gasteiger partial charge in [0.15, 0.2) is 0 Å². The van der Waals surface area contributed by atoms with E-state index in [2.05, 4.69) is 28.1 Å². The van der Waals surface area contributed by atoms with E-state index in [0.29, 0.717) is 6.04 Å². The van der Waals surface area contributed by atoms with Crippen LogP contribution in [0.3, 0.4) is 0 Å². The molecule has 0 radical (unpaired) electrons. The summed E-state index contributed by atoms with van der Waals surface area (Å²) < 4.78 is 0. The topological polar surface area (TPSA) is 40.7 Å². The lowest BCUT2D eigenvalue weighted by Crippen LogP contribution is -2.23. The van der Waals surface area contributed by atoms with Crippen LogP contribution in [0.2, 0.25) is 0 Å². The number of aromatic nitrogens is 2. The number of aromatic amines is 1. The largest absolute Gasteiger partial charge is 0.347 e. The molecule has 1 rings (SSSR count). The third-order valence-corrected chi connectivity index (χ3v) is 2.30. The minimum Gasteiger partial charge on any atom is -0.347 e. The van der Waals surface area contributed by atoms with Gasteiger partial charge >= 0.3 is 0 Å². The van der Waals surface area contributed by atoms with Gasteiger partial charge in [-0.15, -0.1) is 12.3 Å². The number of unbranched alkanes of at least 4 members (excludes halogenated alkanes) is 1. The molecule has 0 aliphatic rings. The molecule has 1 heterocycles. The van der Waals surface area contributed by atoms with Crippen molar-refractivity contribution >= 4 is 0 Å². The predicted molar refractivity (Wildman–Crippen MR) is 62.3 cm³/mol. The molecule has 0 saturated heterocycles. The average molecular weight is 205 g/mol. The molecule has 3 nitrogen and oxygen atoms in total. The Morgan fingerprint density at radius 3 is 3.13 bits per heavy atom. The Morgan fingerprint density at radius 2 is 2.53 bits per heavy atom. The molecule has 2 N–H and O–H groups in total. The predicted octanol–water partition coefficient (Wildman–Crippen LogP) is 2.25. The Hall–Kier alpha value is -1.27. The molecule has 1 aromatic heterocycles. The standard InChI is InChI=1S/C12H19N3/c1-3-5-6-7-11(13-8-4-2)12-14-9-10-15-12/h1,9-11,13H,4-8H2,2H3,(H,14,15). The summed E-state index contributed by atoms with van der Waals surface area (Å²) in [6.07, 6.45) is 12.9. The third-order valence-electron chi connectivity index (χ3n) is 2.30. The minimum atomic E-state index is 0.313. The maximum Gasteiger partial charge on any atom is 0.123 e. The zero-order valence-electron chi connectivity index (χ0n) is 9.29. The van der Waals surface area contributed by atoms with Crippen molar-refractivity contribution in [2.24, 2.45) is 0 Å². The quantitative estimate of drug-likeness (QED) is 0.529. The molecule has 0 aromatic carbocycles. The van der Waals surface area contributed by atoms with E-state index in [1.165, 1.54) is 0 Å². The molecular weight excluding hydrogens is 186 g/mol. The van der Waals surface area contributed by atoms with Crippen molar-refractivity contribution in [3.63, 3.8) is 0 Å². The molecule has 82 valence electrons. The molecule has 0 fully saturated rings. The molecule has 3 heteroatoms. The highest BCUT2D eigenvalue weighted by Crippen LogP contribution is 2.15. The molecule has 0 amide bonds. The van der Waals surface area contributed by atoms with Crippen LogP contribution >= 0.6 is 0 Å². The summed E-state index contributed by atoms with van der Waals surface area (Å²) in [4.78, 5) is 7.43. The first-order chi connectivity index (χ1) is 7.38. The van der Waals surface area contributed by atoms with Gasteiger partial charge in [-0.2, -0.15) is 0 Å². The van der Waals surface area contributed by atoms with Gasteiger partial charge in [-0.3, -0.25) is 0 Å². The van der Waals surface area contributed by atoms with Gasteiger partial charge in [-0.05, 0) is 25.8 Å². The van der Waals surface area contributed by atoms with E-state index in [4.69, 9.17) is 6.42 Å². The van der Waals surface area contributed by atoms with Crippen LogP contribution in [0.1, 0.15) is 44.5 Å². The molecule has 0 aliphatic heterocycles. The molecular formula is C12H19N3. The Labute approximate surface area is 91.7 Å². The first-order valence-electron chi connectivity index (χ1n) is 5.54. The second-order valence-corrected chi connectivity index (χ2v) is 3.58. The van der Waals surface area contributed by atoms with Crippen LogP contribution in [-0.4, -0.2) is 16.5 Å². The van der Waals surface area contributed by atoms with Crippen LogP contribution in [0.15, 0.2) is 12.4 Å². The number of hydrogen-bond donors (Lipinski definition) is 2. The van der Waals surface area contributed by atoms with Crippen molar-refractivity contribution in [1.82, 2.24) is 15.3 Å². The molecule has 1 aromatic rings. The summed E-state index contributed by atoms with van der Waals surface area (Å²) >= 11 is 0. The normalized spacial score (nSPS) is 12.3. The fourth-order valence-corrected chi connectivity index (χ4v) is 1.53. The maximum absolute atomic E-state index is 5.24. The van der Waals surface area contributed by atoms with Crippen molar-refractivity contribution in [3.05, 3.63) is 18.2 Å². The lowest BCUT2D eigenvalue weighted by atomic mass is 10.1. The van der Waals surface area contributed by atoms with Gasteiger partial charge in [0.2, 0.25) is 0 Å². The molecule has 1 atom stereocenters. The fraction of sp³-hybridized carbons (Fsp3) is 0.583. The Morgan fingerprint density at radius 1 is 1.67 bits per heavy atom. The van der Waals surface area contributed by atoms with E-state index in [9.17, 15) is 0 Å². The highest BCUT2D eigenvalue weighted by atomic mass is 15.0. The van der Waals surface area contributed by atoms with Crippen LogP contribution in [-0.2, 0) is 0 Å².